The van der Waals surface area contributed by atoms with Gasteiger partial charge in [-0.2, -0.15) is 0 Å². The van der Waals surface area contributed by atoms with E-state index < -0.39 is 0 Å². The van der Waals surface area contributed by atoms with Crippen molar-refractivity contribution in [3.63, 3.8) is 0 Å². The number of amides is 1. The number of aliphatic imine (C=N–C) groups is 1. The number of nitrogens with zero attached hydrogens (tertiary/aromatic N) is 3. The van der Waals surface area contributed by atoms with Crippen LogP contribution in [0.15, 0.2) is 29.3 Å². The van der Waals surface area contributed by atoms with Gasteiger partial charge in [-0.1, -0.05) is 18.2 Å². The van der Waals surface area contributed by atoms with Crippen LogP contribution in [0, 0.1) is 0 Å². The Hall–Kier alpha value is -2.24. The van der Waals surface area contributed by atoms with E-state index in [4.69, 9.17) is 9.73 Å². The number of fused-ring (bicyclic) bond motifs is 1. The van der Waals surface area contributed by atoms with Gasteiger partial charge >= 0.3 is 0 Å². The van der Waals surface area contributed by atoms with Gasteiger partial charge in [0.2, 0.25) is 5.91 Å². The van der Waals surface area contributed by atoms with Crippen LogP contribution >= 0.6 is 0 Å². The minimum absolute atomic E-state index is 0.237. The fourth-order valence-electron chi connectivity index (χ4n) is 3.87. The molecule has 1 atom stereocenters. The topological polar surface area (TPSA) is 57.2 Å². The van der Waals surface area contributed by atoms with Crippen LogP contribution in [0.4, 0.5) is 0 Å². The van der Waals surface area contributed by atoms with E-state index in [0.29, 0.717) is 18.5 Å². The predicted molar refractivity (Wildman–Crippen MR) is 102 cm³/mol. The highest BCUT2D eigenvalue weighted by Crippen LogP contribution is 2.33. The second-order valence-electron chi connectivity index (χ2n) is 7.31. The number of carbonyl (C=O) groups is 1. The number of guanidine groups is 1. The minimum atomic E-state index is 0.237. The van der Waals surface area contributed by atoms with Crippen LogP contribution in [-0.2, 0) is 4.79 Å². The number of ether oxygens (including phenoxy) is 1. The standard InChI is InChI=1S/C20H28N4O2/c1-2-21-20(23-10-11-24(16-7-8-16)19(25)14-23)22-13-15-9-12-26-18-6-4-3-5-17(15)18/h3-6,15-16H,2,7-14H2,1H3,(H,21,22). The Bertz CT molecular complexity index is 686. The van der Waals surface area contributed by atoms with Crippen LogP contribution in [0.1, 0.15) is 37.7 Å². The van der Waals surface area contributed by atoms with Gasteiger partial charge in [-0.3, -0.25) is 9.79 Å². The van der Waals surface area contributed by atoms with Crippen molar-refractivity contribution in [1.29, 1.82) is 0 Å². The summed E-state index contributed by atoms with van der Waals surface area (Å²) in [5, 5.41) is 3.37. The van der Waals surface area contributed by atoms with Crippen molar-refractivity contribution in [3.8, 4) is 5.75 Å². The van der Waals surface area contributed by atoms with Gasteiger partial charge in [0.1, 0.15) is 5.75 Å². The number of piperazine rings is 1. The lowest BCUT2D eigenvalue weighted by molar-refractivity contribution is -0.135. The Morgan fingerprint density at radius 2 is 2.12 bits per heavy atom. The zero-order valence-electron chi connectivity index (χ0n) is 15.5. The quantitative estimate of drug-likeness (QED) is 0.660. The molecule has 1 saturated heterocycles. The van der Waals surface area contributed by atoms with Crippen LogP contribution in [0.5, 0.6) is 5.75 Å². The fourth-order valence-corrected chi connectivity index (χ4v) is 3.87. The molecule has 0 bridgehead atoms. The zero-order chi connectivity index (χ0) is 17.9. The van der Waals surface area contributed by atoms with Crippen LogP contribution < -0.4 is 10.1 Å². The molecule has 4 rings (SSSR count). The van der Waals surface area contributed by atoms with Gasteiger partial charge in [0.15, 0.2) is 5.96 Å². The average Bonchev–Trinajstić information content (AvgIpc) is 3.50. The van der Waals surface area contributed by atoms with Crippen LogP contribution in [0.3, 0.4) is 0 Å². The first kappa shape index (κ1) is 17.2. The summed E-state index contributed by atoms with van der Waals surface area (Å²) in [4.78, 5) is 21.5. The smallest absolute Gasteiger partial charge is 0.242 e. The average molecular weight is 356 g/mol. The number of hydrogen-bond acceptors (Lipinski definition) is 3. The molecule has 2 heterocycles. The molecule has 140 valence electrons. The number of hydrogen-bond donors (Lipinski definition) is 1. The number of rotatable bonds is 4. The van der Waals surface area contributed by atoms with Gasteiger partial charge in [0.05, 0.1) is 13.2 Å². The van der Waals surface area contributed by atoms with Crippen molar-refractivity contribution in [2.24, 2.45) is 4.99 Å². The number of carbonyl (C=O) groups excluding carboxylic acids is 1. The summed E-state index contributed by atoms with van der Waals surface area (Å²) in [7, 11) is 0. The molecule has 6 nitrogen and oxygen atoms in total. The Morgan fingerprint density at radius 1 is 1.27 bits per heavy atom. The summed E-state index contributed by atoms with van der Waals surface area (Å²) in [6.07, 6.45) is 3.32. The van der Waals surface area contributed by atoms with E-state index in [1.54, 1.807) is 0 Å². The zero-order valence-corrected chi connectivity index (χ0v) is 15.5. The van der Waals surface area contributed by atoms with Gasteiger partial charge in [0, 0.05) is 38.1 Å². The summed E-state index contributed by atoms with van der Waals surface area (Å²) >= 11 is 0. The first-order valence-corrected chi connectivity index (χ1v) is 9.80. The summed E-state index contributed by atoms with van der Waals surface area (Å²) in [6, 6.07) is 8.75. The highest BCUT2D eigenvalue weighted by atomic mass is 16.5. The summed E-state index contributed by atoms with van der Waals surface area (Å²) in [5.74, 6) is 2.45. The summed E-state index contributed by atoms with van der Waals surface area (Å²) < 4.78 is 5.75. The normalized spacial score (nSPS) is 23.5. The maximum Gasteiger partial charge on any atom is 0.242 e. The third kappa shape index (κ3) is 3.64. The molecule has 1 aromatic rings. The molecular formula is C20H28N4O2. The Morgan fingerprint density at radius 3 is 2.88 bits per heavy atom. The van der Waals surface area contributed by atoms with Crippen molar-refractivity contribution < 1.29 is 9.53 Å². The maximum absolute atomic E-state index is 12.4. The molecular weight excluding hydrogens is 328 g/mol. The lowest BCUT2D eigenvalue weighted by Crippen LogP contribution is -2.55. The van der Waals surface area contributed by atoms with E-state index in [0.717, 1.165) is 50.9 Å². The van der Waals surface area contributed by atoms with E-state index in [-0.39, 0.29) is 5.91 Å². The van der Waals surface area contributed by atoms with Gasteiger partial charge in [-0.05, 0) is 37.8 Å². The molecule has 3 aliphatic rings. The second-order valence-corrected chi connectivity index (χ2v) is 7.31. The Balaban J connectivity index is 1.44. The number of benzene rings is 1. The van der Waals surface area contributed by atoms with E-state index in [2.05, 4.69) is 34.2 Å². The molecule has 2 aliphatic heterocycles. The number of nitrogens with one attached hydrogen (secondary N) is 1. The molecule has 26 heavy (non-hydrogen) atoms. The van der Waals surface area contributed by atoms with Crippen molar-refractivity contribution in [2.75, 3.05) is 39.3 Å². The van der Waals surface area contributed by atoms with Crippen LogP contribution in [-0.4, -0.2) is 67.0 Å². The van der Waals surface area contributed by atoms with Crippen molar-refractivity contribution in [2.45, 2.75) is 38.1 Å². The lowest BCUT2D eigenvalue weighted by Gasteiger charge is -2.36. The van der Waals surface area contributed by atoms with E-state index in [1.165, 1.54) is 18.4 Å². The Labute approximate surface area is 155 Å². The fraction of sp³-hybridized carbons (Fsp3) is 0.600. The first-order chi connectivity index (χ1) is 12.8. The first-order valence-electron chi connectivity index (χ1n) is 9.80. The minimum Gasteiger partial charge on any atom is -0.493 e. The predicted octanol–water partition coefficient (Wildman–Crippen LogP) is 1.82. The van der Waals surface area contributed by atoms with Gasteiger partial charge < -0.3 is 19.9 Å². The highest BCUT2D eigenvalue weighted by Gasteiger charge is 2.36. The Kier molecular flexibility index (Phi) is 5.00. The largest absolute Gasteiger partial charge is 0.493 e. The second kappa shape index (κ2) is 7.56. The lowest BCUT2D eigenvalue weighted by atomic mass is 9.93. The van der Waals surface area contributed by atoms with E-state index >= 15 is 0 Å². The van der Waals surface area contributed by atoms with Gasteiger partial charge in [0.25, 0.3) is 0 Å². The summed E-state index contributed by atoms with van der Waals surface area (Å²) in [6.45, 7) is 6.45. The van der Waals surface area contributed by atoms with Gasteiger partial charge in [-0.25, -0.2) is 0 Å². The van der Waals surface area contributed by atoms with Gasteiger partial charge in [-0.15, -0.1) is 0 Å². The van der Waals surface area contributed by atoms with Crippen LogP contribution in [0.25, 0.3) is 0 Å². The van der Waals surface area contributed by atoms with E-state index in [1.807, 2.05) is 12.1 Å². The maximum atomic E-state index is 12.4. The molecule has 1 unspecified atom stereocenters. The van der Waals surface area contributed by atoms with E-state index in [9.17, 15) is 4.79 Å². The molecule has 1 amide bonds. The molecule has 1 N–H and O–H groups in total. The highest BCUT2D eigenvalue weighted by molar-refractivity contribution is 5.88. The molecule has 1 saturated carbocycles. The third-order valence-electron chi connectivity index (χ3n) is 5.42. The molecule has 2 fully saturated rings. The monoisotopic (exact) mass is 356 g/mol. The molecule has 0 aromatic heterocycles. The summed E-state index contributed by atoms with van der Waals surface area (Å²) in [5.41, 5.74) is 1.24. The molecule has 0 radical (unpaired) electrons. The molecule has 0 spiro atoms. The number of para-hydroxylation sites is 1. The van der Waals surface area contributed by atoms with Crippen molar-refractivity contribution >= 4 is 11.9 Å². The SMILES string of the molecule is CCNC(=NCC1CCOc2ccccc21)N1CCN(C2CC2)C(=O)C1. The molecule has 1 aromatic carbocycles. The van der Waals surface area contributed by atoms with Crippen molar-refractivity contribution in [3.05, 3.63) is 29.8 Å². The molecule has 1 aliphatic carbocycles. The third-order valence-corrected chi connectivity index (χ3v) is 5.42. The van der Waals surface area contributed by atoms with Crippen LogP contribution in [0.2, 0.25) is 0 Å². The molecule has 6 heteroatoms. The van der Waals surface area contributed by atoms with Crippen molar-refractivity contribution in [1.82, 2.24) is 15.1 Å².